The number of benzene rings is 2. The molecule has 4 nitrogen and oxygen atoms in total. The van der Waals surface area contributed by atoms with E-state index in [2.05, 4.69) is 0 Å². The van der Waals surface area contributed by atoms with E-state index in [0.717, 1.165) is 22.2 Å². The molecule has 0 aliphatic carbocycles. The van der Waals surface area contributed by atoms with Gasteiger partial charge in [0.2, 0.25) is 0 Å². The summed E-state index contributed by atoms with van der Waals surface area (Å²) in [4.78, 5) is 14.0. The molecule has 3 rings (SSSR count). The highest BCUT2D eigenvalue weighted by molar-refractivity contribution is 6.32. The Balaban J connectivity index is 2.07. The van der Waals surface area contributed by atoms with Gasteiger partial charge in [0.15, 0.2) is 0 Å². The number of nitrogens with zero attached hydrogens (tertiary/aromatic N) is 1. The van der Waals surface area contributed by atoms with Gasteiger partial charge in [0, 0.05) is 35.3 Å². The van der Waals surface area contributed by atoms with Crippen LogP contribution in [0.5, 0.6) is 0 Å². The predicted octanol–water partition coefficient (Wildman–Crippen LogP) is 4.14. The molecule has 0 aliphatic heterocycles. The smallest absolute Gasteiger partial charge is 0.336 e. The number of hydrogen-bond acceptors (Lipinski definition) is 4. The van der Waals surface area contributed by atoms with Gasteiger partial charge < -0.3 is 14.4 Å². The molecule has 0 fully saturated rings. The molecule has 2 aromatic carbocycles. The fourth-order valence-electron chi connectivity index (χ4n) is 2.90. The van der Waals surface area contributed by atoms with Gasteiger partial charge in [-0.2, -0.15) is 0 Å². The standard InChI is InChI=1S/C20H20ClNO3/c1-13-8-19-17(10-18(13)21)15(9-20(24)25-19)12-22(11-14(2)23)16-6-4-3-5-7-16/h3-10,14,23H,11-12H2,1-2H3. The second-order valence-electron chi connectivity index (χ2n) is 6.25. The van der Waals surface area contributed by atoms with E-state index in [0.29, 0.717) is 23.7 Å². The van der Waals surface area contributed by atoms with Gasteiger partial charge in [-0.1, -0.05) is 29.8 Å². The third-order valence-electron chi connectivity index (χ3n) is 4.08. The van der Waals surface area contributed by atoms with Crippen LogP contribution in [-0.4, -0.2) is 17.8 Å². The molecule has 5 heteroatoms. The van der Waals surface area contributed by atoms with Crippen LogP contribution in [0.25, 0.3) is 11.0 Å². The van der Waals surface area contributed by atoms with Crippen LogP contribution in [-0.2, 0) is 6.54 Å². The first kappa shape index (κ1) is 17.5. The number of halogens is 1. The molecule has 3 aromatic rings. The SMILES string of the molecule is Cc1cc2oc(=O)cc(CN(CC(C)O)c3ccccc3)c2cc1Cl. The Hall–Kier alpha value is -2.30. The van der Waals surface area contributed by atoms with Crippen LogP contribution < -0.4 is 10.5 Å². The predicted molar refractivity (Wildman–Crippen MR) is 101 cm³/mol. The second-order valence-corrected chi connectivity index (χ2v) is 6.66. The Bertz CT molecular complexity index is 935. The number of aliphatic hydroxyl groups is 1. The van der Waals surface area contributed by atoms with Gasteiger partial charge in [-0.25, -0.2) is 4.79 Å². The molecule has 0 saturated carbocycles. The first-order valence-electron chi connectivity index (χ1n) is 8.15. The molecule has 1 aromatic heterocycles. The summed E-state index contributed by atoms with van der Waals surface area (Å²) in [5, 5.41) is 11.3. The van der Waals surface area contributed by atoms with Crippen molar-refractivity contribution in [2.45, 2.75) is 26.5 Å². The van der Waals surface area contributed by atoms with Crippen molar-refractivity contribution in [1.82, 2.24) is 0 Å². The lowest BCUT2D eigenvalue weighted by Crippen LogP contribution is -2.30. The van der Waals surface area contributed by atoms with Crippen molar-refractivity contribution in [2.24, 2.45) is 0 Å². The summed E-state index contributed by atoms with van der Waals surface area (Å²) in [7, 11) is 0. The summed E-state index contributed by atoms with van der Waals surface area (Å²) >= 11 is 6.26. The lowest BCUT2D eigenvalue weighted by atomic mass is 10.1. The highest BCUT2D eigenvalue weighted by Gasteiger charge is 2.14. The van der Waals surface area contributed by atoms with Crippen LogP contribution in [0.15, 0.2) is 57.7 Å². The summed E-state index contributed by atoms with van der Waals surface area (Å²) in [6.45, 7) is 4.54. The Morgan fingerprint density at radius 2 is 1.92 bits per heavy atom. The minimum atomic E-state index is -0.502. The molecule has 0 aliphatic rings. The lowest BCUT2D eigenvalue weighted by Gasteiger charge is -2.26. The Morgan fingerprint density at radius 1 is 1.20 bits per heavy atom. The molecular formula is C20H20ClNO3. The number of aliphatic hydroxyl groups excluding tert-OH is 1. The molecule has 0 saturated heterocycles. The largest absolute Gasteiger partial charge is 0.423 e. The third-order valence-corrected chi connectivity index (χ3v) is 4.48. The molecule has 0 amide bonds. The van der Waals surface area contributed by atoms with Crippen LogP contribution in [0.2, 0.25) is 5.02 Å². The molecular weight excluding hydrogens is 338 g/mol. The van der Waals surface area contributed by atoms with E-state index < -0.39 is 11.7 Å². The van der Waals surface area contributed by atoms with Crippen molar-refractivity contribution in [3.63, 3.8) is 0 Å². The van der Waals surface area contributed by atoms with E-state index in [9.17, 15) is 9.90 Å². The molecule has 130 valence electrons. The van der Waals surface area contributed by atoms with Crippen LogP contribution in [0.4, 0.5) is 5.69 Å². The number of anilines is 1. The summed E-state index contributed by atoms with van der Waals surface area (Å²) < 4.78 is 5.32. The fourth-order valence-corrected chi connectivity index (χ4v) is 3.07. The van der Waals surface area contributed by atoms with Crippen molar-refractivity contribution in [2.75, 3.05) is 11.4 Å². The van der Waals surface area contributed by atoms with Crippen molar-refractivity contribution in [3.05, 3.63) is 75.1 Å². The first-order chi connectivity index (χ1) is 11.9. The van der Waals surface area contributed by atoms with Gasteiger partial charge >= 0.3 is 5.63 Å². The molecule has 0 spiro atoms. The zero-order valence-electron chi connectivity index (χ0n) is 14.2. The van der Waals surface area contributed by atoms with E-state index in [-0.39, 0.29) is 0 Å². The lowest BCUT2D eigenvalue weighted by molar-refractivity contribution is 0.199. The summed E-state index contributed by atoms with van der Waals surface area (Å²) in [5.74, 6) is 0. The second kappa shape index (κ2) is 7.30. The van der Waals surface area contributed by atoms with Gasteiger partial charge in [0.05, 0.1) is 6.10 Å². The summed E-state index contributed by atoms with van der Waals surface area (Å²) in [6.07, 6.45) is -0.502. The van der Waals surface area contributed by atoms with Gasteiger partial charge in [0.1, 0.15) is 5.58 Å². The molecule has 0 bridgehead atoms. The first-order valence-corrected chi connectivity index (χ1v) is 8.53. The highest BCUT2D eigenvalue weighted by atomic mass is 35.5. The minimum absolute atomic E-state index is 0.394. The summed E-state index contributed by atoms with van der Waals surface area (Å²) in [5.41, 5.74) is 2.78. The maximum Gasteiger partial charge on any atom is 0.336 e. The van der Waals surface area contributed by atoms with Crippen LogP contribution >= 0.6 is 11.6 Å². The zero-order chi connectivity index (χ0) is 18.0. The zero-order valence-corrected chi connectivity index (χ0v) is 15.0. The summed E-state index contributed by atoms with van der Waals surface area (Å²) in [6, 6.07) is 14.9. The normalized spacial score (nSPS) is 12.3. The number of para-hydroxylation sites is 1. The minimum Gasteiger partial charge on any atom is -0.423 e. The van der Waals surface area contributed by atoms with E-state index in [4.69, 9.17) is 16.0 Å². The van der Waals surface area contributed by atoms with E-state index in [1.807, 2.05) is 48.2 Å². The molecule has 1 heterocycles. The fraction of sp³-hybridized carbons (Fsp3) is 0.250. The van der Waals surface area contributed by atoms with E-state index in [1.165, 1.54) is 6.07 Å². The topological polar surface area (TPSA) is 53.7 Å². The van der Waals surface area contributed by atoms with Crippen molar-refractivity contribution in [1.29, 1.82) is 0 Å². The Kier molecular flexibility index (Phi) is 5.11. The number of aryl methyl sites for hydroxylation is 1. The van der Waals surface area contributed by atoms with Gasteiger partial charge in [0.25, 0.3) is 0 Å². The van der Waals surface area contributed by atoms with E-state index >= 15 is 0 Å². The van der Waals surface area contributed by atoms with Crippen LogP contribution in [0.1, 0.15) is 18.1 Å². The van der Waals surface area contributed by atoms with Crippen molar-refractivity contribution >= 4 is 28.3 Å². The maximum atomic E-state index is 12.0. The molecule has 25 heavy (non-hydrogen) atoms. The average molecular weight is 358 g/mol. The van der Waals surface area contributed by atoms with E-state index in [1.54, 1.807) is 13.0 Å². The number of hydrogen-bond donors (Lipinski definition) is 1. The van der Waals surface area contributed by atoms with Crippen LogP contribution in [0, 0.1) is 6.92 Å². The van der Waals surface area contributed by atoms with Crippen molar-refractivity contribution in [3.8, 4) is 0 Å². The Labute approximate surface area is 151 Å². The quantitative estimate of drug-likeness (QED) is 0.697. The third kappa shape index (κ3) is 4.03. The van der Waals surface area contributed by atoms with Gasteiger partial charge in [-0.3, -0.25) is 0 Å². The van der Waals surface area contributed by atoms with Gasteiger partial charge in [-0.05, 0) is 49.2 Å². The number of fused-ring (bicyclic) bond motifs is 1. The molecule has 1 N–H and O–H groups in total. The molecule has 0 radical (unpaired) electrons. The monoisotopic (exact) mass is 357 g/mol. The molecule has 1 unspecified atom stereocenters. The van der Waals surface area contributed by atoms with Crippen molar-refractivity contribution < 1.29 is 9.52 Å². The van der Waals surface area contributed by atoms with Gasteiger partial charge in [-0.15, -0.1) is 0 Å². The van der Waals surface area contributed by atoms with Crippen LogP contribution in [0.3, 0.4) is 0 Å². The average Bonchev–Trinajstić information content (AvgIpc) is 2.56. The maximum absolute atomic E-state index is 12.0. The highest BCUT2D eigenvalue weighted by Crippen LogP contribution is 2.27. The number of rotatable bonds is 5. The Morgan fingerprint density at radius 3 is 2.60 bits per heavy atom. The molecule has 1 atom stereocenters.